The lowest BCUT2D eigenvalue weighted by atomic mass is 10.1. The maximum atomic E-state index is 12.6. The summed E-state index contributed by atoms with van der Waals surface area (Å²) in [5.74, 6) is -1.01. The van der Waals surface area contributed by atoms with E-state index in [9.17, 15) is 9.59 Å². The van der Waals surface area contributed by atoms with E-state index in [0.29, 0.717) is 24.5 Å². The summed E-state index contributed by atoms with van der Waals surface area (Å²) in [6, 6.07) is 15.3. The van der Waals surface area contributed by atoms with Crippen LogP contribution in [0.2, 0.25) is 5.02 Å². The Labute approximate surface area is 152 Å². The van der Waals surface area contributed by atoms with Gasteiger partial charge in [0.15, 0.2) is 0 Å². The Balaban J connectivity index is 1.62. The Kier molecular flexibility index (Phi) is 5.39. The summed E-state index contributed by atoms with van der Waals surface area (Å²) >= 11 is 6.10. The highest BCUT2D eigenvalue weighted by Gasteiger charge is 2.37. The zero-order valence-corrected chi connectivity index (χ0v) is 14.9. The number of benzene rings is 2. The molecular weight excluding hydrogens is 336 g/mol. The van der Waals surface area contributed by atoms with Gasteiger partial charge < -0.3 is 10.2 Å². The van der Waals surface area contributed by atoms with Crippen LogP contribution >= 0.6 is 11.6 Å². The Morgan fingerprint density at radius 3 is 2.60 bits per heavy atom. The van der Waals surface area contributed by atoms with E-state index in [0.717, 1.165) is 17.7 Å². The van der Waals surface area contributed by atoms with Crippen molar-refractivity contribution >= 4 is 29.1 Å². The molecule has 4 nitrogen and oxygen atoms in total. The van der Waals surface area contributed by atoms with Crippen molar-refractivity contribution in [1.29, 1.82) is 0 Å². The molecule has 130 valence electrons. The molecule has 1 aliphatic rings. The van der Waals surface area contributed by atoms with Crippen LogP contribution in [0.4, 0.5) is 5.69 Å². The van der Waals surface area contributed by atoms with Gasteiger partial charge in [-0.25, -0.2) is 0 Å². The van der Waals surface area contributed by atoms with E-state index in [-0.39, 0.29) is 11.8 Å². The third kappa shape index (κ3) is 3.85. The van der Waals surface area contributed by atoms with Gasteiger partial charge in [0.2, 0.25) is 11.8 Å². The number of rotatable bonds is 5. The van der Waals surface area contributed by atoms with Crippen molar-refractivity contribution in [2.45, 2.75) is 26.3 Å². The van der Waals surface area contributed by atoms with Crippen LogP contribution < -0.4 is 10.2 Å². The van der Waals surface area contributed by atoms with E-state index >= 15 is 0 Å². The van der Waals surface area contributed by atoms with E-state index in [1.807, 2.05) is 42.5 Å². The standard InChI is InChI=1S/C20H21ClN2O2/c1-2-14-7-9-16(10-8-14)23-12-11-17(20(23)25)19(24)22-13-15-5-3-4-6-18(15)21/h3-10,17H,2,11-13H2,1H3,(H,22,24)/t17-/m1/s1. The summed E-state index contributed by atoms with van der Waals surface area (Å²) in [5, 5.41) is 3.44. The first-order valence-corrected chi connectivity index (χ1v) is 8.89. The van der Waals surface area contributed by atoms with Gasteiger partial charge in [-0.05, 0) is 42.2 Å². The molecule has 1 saturated heterocycles. The summed E-state index contributed by atoms with van der Waals surface area (Å²) in [6.07, 6.45) is 1.49. The molecule has 1 aliphatic heterocycles. The molecule has 0 bridgehead atoms. The zero-order valence-electron chi connectivity index (χ0n) is 14.2. The Hall–Kier alpha value is -2.33. The van der Waals surface area contributed by atoms with Crippen LogP contribution in [0.15, 0.2) is 48.5 Å². The van der Waals surface area contributed by atoms with Crippen molar-refractivity contribution in [2.24, 2.45) is 5.92 Å². The minimum atomic E-state index is -0.631. The van der Waals surface area contributed by atoms with Gasteiger partial charge in [0, 0.05) is 23.8 Å². The average Bonchev–Trinajstić information content (AvgIpc) is 3.02. The number of aryl methyl sites for hydroxylation is 1. The highest BCUT2D eigenvalue weighted by Crippen LogP contribution is 2.26. The third-order valence-electron chi connectivity index (χ3n) is 4.59. The zero-order chi connectivity index (χ0) is 17.8. The molecule has 0 radical (unpaired) electrons. The molecule has 5 heteroatoms. The normalized spacial score (nSPS) is 17.0. The Morgan fingerprint density at radius 1 is 1.20 bits per heavy atom. The number of nitrogens with zero attached hydrogens (tertiary/aromatic N) is 1. The van der Waals surface area contributed by atoms with Crippen molar-refractivity contribution in [3.63, 3.8) is 0 Å². The first-order chi connectivity index (χ1) is 12.1. The maximum absolute atomic E-state index is 12.6. The molecule has 0 aliphatic carbocycles. The molecular formula is C20H21ClN2O2. The largest absolute Gasteiger partial charge is 0.351 e. The predicted molar refractivity (Wildman–Crippen MR) is 99.6 cm³/mol. The first kappa shape index (κ1) is 17.5. The topological polar surface area (TPSA) is 49.4 Å². The fourth-order valence-electron chi connectivity index (χ4n) is 3.04. The second-order valence-electron chi connectivity index (χ2n) is 6.16. The quantitative estimate of drug-likeness (QED) is 0.832. The minimum absolute atomic E-state index is 0.138. The smallest absolute Gasteiger partial charge is 0.239 e. The highest BCUT2D eigenvalue weighted by atomic mass is 35.5. The molecule has 25 heavy (non-hydrogen) atoms. The van der Waals surface area contributed by atoms with E-state index in [1.54, 1.807) is 11.0 Å². The summed E-state index contributed by atoms with van der Waals surface area (Å²) in [5.41, 5.74) is 2.92. The van der Waals surface area contributed by atoms with E-state index in [4.69, 9.17) is 11.6 Å². The number of carbonyl (C=O) groups is 2. The number of anilines is 1. The molecule has 0 aromatic heterocycles. The van der Waals surface area contributed by atoms with Crippen LogP contribution in [0.3, 0.4) is 0 Å². The molecule has 2 aromatic carbocycles. The van der Waals surface area contributed by atoms with Gasteiger partial charge in [-0.15, -0.1) is 0 Å². The average molecular weight is 357 g/mol. The van der Waals surface area contributed by atoms with Gasteiger partial charge in [0.05, 0.1) is 0 Å². The maximum Gasteiger partial charge on any atom is 0.239 e. The fraction of sp³-hybridized carbons (Fsp3) is 0.300. The van der Waals surface area contributed by atoms with E-state index in [2.05, 4.69) is 12.2 Å². The van der Waals surface area contributed by atoms with Crippen LogP contribution in [0, 0.1) is 5.92 Å². The SMILES string of the molecule is CCc1ccc(N2CC[C@H](C(=O)NCc3ccccc3Cl)C2=O)cc1. The molecule has 1 N–H and O–H groups in total. The number of halogens is 1. The third-order valence-corrected chi connectivity index (χ3v) is 4.96. The lowest BCUT2D eigenvalue weighted by molar-refractivity contribution is -0.132. The number of hydrogen-bond acceptors (Lipinski definition) is 2. The first-order valence-electron chi connectivity index (χ1n) is 8.51. The molecule has 1 fully saturated rings. The molecule has 0 spiro atoms. The Bertz CT molecular complexity index is 774. The van der Waals surface area contributed by atoms with Gasteiger partial charge in [-0.1, -0.05) is 48.9 Å². The number of nitrogens with one attached hydrogen (secondary N) is 1. The monoisotopic (exact) mass is 356 g/mol. The van der Waals surface area contributed by atoms with Crippen molar-refractivity contribution in [3.8, 4) is 0 Å². The predicted octanol–water partition coefficient (Wildman–Crippen LogP) is 3.57. The van der Waals surface area contributed by atoms with Crippen LogP contribution in [-0.4, -0.2) is 18.4 Å². The molecule has 1 atom stereocenters. The number of amides is 2. The van der Waals surface area contributed by atoms with Crippen molar-refractivity contribution in [2.75, 3.05) is 11.4 Å². The highest BCUT2D eigenvalue weighted by molar-refractivity contribution is 6.31. The van der Waals surface area contributed by atoms with Gasteiger partial charge in [0.1, 0.15) is 5.92 Å². The second kappa shape index (κ2) is 7.70. The number of carbonyl (C=O) groups excluding carboxylic acids is 2. The summed E-state index contributed by atoms with van der Waals surface area (Å²) in [4.78, 5) is 26.7. The molecule has 0 saturated carbocycles. The number of hydrogen-bond donors (Lipinski definition) is 1. The van der Waals surface area contributed by atoms with E-state index in [1.165, 1.54) is 5.56 Å². The lowest BCUT2D eigenvalue weighted by Gasteiger charge is -2.17. The van der Waals surface area contributed by atoms with Crippen molar-refractivity contribution in [1.82, 2.24) is 5.32 Å². The molecule has 1 heterocycles. The van der Waals surface area contributed by atoms with Gasteiger partial charge in [0.25, 0.3) is 0 Å². The van der Waals surface area contributed by atoms with Gasteiger partial charge >= 0.3 is 0 Å². The second-order valence-corrected chi connectivity index (χ2v) is 6.57. The fourth-order valence-corrected chi connectivity index (χ4v) is 3.24. The molecule has 0 unspecified atom stereocenters. The summed E-state index contributed by atoms with van der Waals surface area (Å²) < 4.78 is 0. The van der Waals surface area contributed by atoms with Crippen LogP contribution in [-0.2, 0) is 22.6 Å². The summed E-state index contributed by atoms with van der Waals surface area (Å²) in [6.45, 7) is 2.98. The van der Waals surface area contributed by atoms with Gasteiger partial charge in [-0.3, -0.25) is 9.59 Å². The van der Waals surface area contributed by atoms with Gasteiger partial charge in [-0.2, -0.15) is 0 Å². The Morgan fingerprint density at radius 2 is 1.92 bits per heavy atom. The molecule has 2 amide bonds. The van der Waals surface area contributed by atoms with Crippen molar-refractivity contribution in [3.05, 3.63) is 64.7 Å². The molecule has 3 rings (SSSR count). The molecule has 2 aromatic rings. The van der Waals surface area contributed by atoms with Crippen LogP contribution in [0.1, 0.15) is 24.5 Å². The van der Waals surface area contributed by atoms with E-state index < -0.39 is 5.92 Å². The minimum Gasteiger partial charge on any atom is -0.351 e. The summed E-state index contributed by atoms with van der Waals surface area (Å²) in [7, 11) is 0. The van der Waals surface area contributed by atoms with Crippen molar-refractivity contribution < 1.29 is 9.59 Å². The van der Waals surface area contributed by atoms with Crippen LogP contribution in [0.5, 0.6) is 0 Å². The van der Waals surface area contributed by atoms with Crippen LogP contribution in [0.25, 0.3) is 0 Å². The lowest BCUT2D eigenvalue weighted by Crippen LogP contribution is -2.36.